The van der Waals surface area contributed by atoms with Crippen molar-refractivity contribution in [2.45, 2.75) is 407 Å². The molecule has 6 saturated carbocycles. The molecule has 0 aromatic carbocycles. The molecule has 0 saturated heterocycles. The molecule has 0 aromatic heterocycles. The van der Waals surface area contributed by atoms with Crippen LogP contribution in [0, 0.1) is 98.6 Å². The van der Waals surface area contributed by atoms with Crippen LogP contribution in [0.25, 0.3) is 0 Å². The van der Waals surface area contributed by atoms with E-state index in [0.29, 0.717) is 21.7 Å². The smallest absolute Gasteiger partial charge is 0.0323 e. The monoisotopic (exact) mass is 1100 g/mol. The van der Waals surface area contributed by atoms with Gasteiger partial charge in [-0.25, -0.2) is 0 Å². The average molecular weight is 1100 g/mol. The maximum atomic E-state index is 2.40. The molecule has 78 heavy (non-hydrogen) atoms. The molecule has 0 aliphatic heterocycles. The zero-order valence-electron chi connectivity index (χ0n) is 61.7. The molecule has 0 amide bonds. The Kier molecular flexibility index (Phi) is 57.2. The van der Waals surface area contributed by atoms with E-state index in [1.807, 2.05) is 0 Å². The lowest BCUT2D eigenvalue weighted by atomic mass is 9.74. The van der Waals surface area contributed by atoms with Gasteiger partial charge in [-0.2, -0.15) is 0 Å². The Morgan fingerprint density at radius 2 is 0.808 bits per heavy atom. The van der Waals surface area contributed by atoms with Crippen LogP contribution in [0.15, 0.2) is 0 Å². The second-order valence-corrected chi connectivity index (χ2v) is 32.1. The van der Waals surface area contributed by atoms with E-state index in [4.69, 9.17) is 0 Å². The predicted octanol–water partition coefficient (Wildman–Crippen LogP) is 29.2. The number of unbranched alkanes of at least 4 members (excludes halogenated alkanes) is 4. The molecule has 4 unspecified atom stereocenters. The SMILES string of the molecule is CC1C(C)(C)CCC1(C)C.CC1CC(C)C(C)C1.CC1CCC(C)C1C.CC1CCCCC1.CCC(C)(C)C.CCC(C)CC.CCCC(C)C.CCCC(C)C.CCCC1CC1.CCCCCCC.C[C@@H]1CCCC1(C)C. The summed E-state index contributed by atoms with van der Waals surface area (Å²) in [5.74, 6) is 12.7. The highest BCUT2D eigenvalue weighted by molar-refractivity contribution is 4.93. The average Bonchev–Trinajstić information content (AvgIpc) is 3.93. The molecule has 0 radical (unpaired) electrons. The summed E-state index contributed by atoms with van der Waals surface area (Å²) >= 11 is 0. The first kappa shape index (κ1) is 86.8. The number of hydrogen-bond acceptors (Lipinski definition) is 0. The predicted molar refractivity (Wildman–Crippen MR) is 370 cm³/mol. The largest absolute Gasteiger partial charge is 0.0654 e. The molecule has 6 rings (SSSR count). The summed E-state index contributed by atoms with van der Waals surface area (Å²) in [6.07, 6.45) is 42.7. The fourth-order valence-electron chi connectivity index (χ4n) is 11.3. The van der Waals surface area contributed by atoms with Gasteiger partial charge in [0.1, 0.15) is 0 Å². The van der Waals surface area contributed by atoms with Crippen LogP contribution in [0.3, 0.4) is 0 Å². The van der Waals surface area contributed by atoms with Crippen LogP contribution in [0.1, 0.15) is 407 Å². The minimum Gasteiger partial charge on any atom is -0.0654 e. The Morgan fingerprint density at radius 3 is 0.923 bits per heavy atom. The van der Waals surface area contributed by atoms with Gasteiger partial charge in [0.15, 0.2) is 0 Å². The van der Waals surface area contributed by atoms with Crippen molar-refractivity contribution in [1.82, 2.24) is 0 Å². The third-order valence-electron chi connectivity index (χ3n) is 20.6. The van der Waals surface area contributed by atoms with Crippen molar-refractivity contribution in [3.05, 3.63) is 0 Å². The molecule has 0 aromatic rings. The van der Waals surface area contributed by atoms with E-state index in [1.165, 1.54) is 193 Å². The van der Waals surface area contributed by atoms with E-state index in [-0.39, 0.29) is 0 Å². The summed E-state index contributed by atoms with van der Waals surface area (Å²) in [7, 11) is 0. The van der Waals surface area contributed by atoms with Crippen LogP contribution in [-0.4, -0.2) is 0 Å². The van der Waals surface area contributed by atoms with Crippen molar-refractivity contribution in [1.29, 1.82) is 0 Å². The first-order chi connectivity index (χ1) is 36.1. The van der Waals surface area contributed by atoms with Gasteiger partial charge in [-0.3, -0.25) is 0 Å². The van der Waals surface area contributed by atoms with Crippen molar-refractivity contribution in [2.24, 2.45) is 98.6 Å². The molecular formula is C78H166. The summed E-state index contributed by atoms with van der Waals surface area (Å²) in [6, 6.07) is 0. The molecule has 0 N–H and O–H groups in total. The molecule has 0 bridgehead atoms. The first-order valence-electron chi connectivity index (χ1n) is 36.1. The second kappa shape index (κ2) is 51.4. The molecule has 0 heteroatoms. The lowest BCUT2D eigenvalue weighted by molar-refractivity contribution is 0.179. The highest BCUT2D eigenvalue weighted by Gasteiger charge is 2.43. The van der Waals surface area contributed by atoms with E-state index in [0.717, 1.165) is 76.9 Å². The van der Waals surface area contributed by atoms with Crippen LogP contribution in [0.4, 0.5) is 0 Å². The van der Waals surface area contributed by atoms with Crippen LogP contribution in [0.5, 0.6) is 0 Å². The van der Waals surface area contributed by atoms with Crippen LogP contribution in [0.2, 0.25) is 0 Å². The van der Waals surface area contributed by atoms with Crippen LogP contribution < -0.4 is 0 Å². The zero-order valence-corrected chi connectivity index (χ0v) is 61.7. The van der Waals surface area contributed by atoms with Gasteiger partial charge < -0.3 is 0 Å². The minimum absolute atomic E-state index is 0.542. The van der Waals surface area contributed by atoms with Gasteiger partial charge >= 0.3 is 0 Å². The highest BCUT2D eigenvalue weighted by Crippen LogP contribution is 2.53. The topological polar surface area (TPSA) is 0 Å². The van der Waals surface area contributed by atoms with Gasteiger partial charge in [0.25, 0.3) is 0 Å². The molecule has 6 aliphatic rings. The van der Waals surface area contributed by atoms with Gasteiger partial charge in [-0.15, -0.1) is 0 Å². The Balaban J connectivity index is -0.000000252. The van der Waals surface area contributed by atoms with Crippen LogP contribution in [-0.2, 0) is 0 Å². The molecule has 0 nitrogen and oxygen atoms in total. The Labute approximate surface area is 503 Å². The molecule has 478 valence electrons. The molecule has 6 fully saturated rings. The van der Waals surface area contributed by atoms with Crippen molar-refractivity contribution < 1.29 is 0 Å². The summed E-state index contributed by atoms with van der Waals surface area (Å²) in [5, 5.41) is 0. The lowest BCUT2D eigenvalue weighted by Crippen LogP contribution is -2.24. The highest BCUT2D eigenvalue weighted by atomic mass is 14.5. The van der Waals surface area contributed by atoms with Gasteiger partial charge in [0.2, 0.25) is 0 Å². The van der Waals surface area contributed by atoms with E-state index >= 15 is 0 Å². The Morgan fingerprint density at radius 1 is 0.410 bits per heavy atom. The zero-order chi connectivity index (χ0) is 61.7. The third kappa shape index (κ3) is 55.2. The normalized spacial score (nSPS) is 25.4. The minimum atomic E-state index is 0.542. The van der Waals surface area contributed by atoms with Crippen LogP contribution >= 0.6 is 0 Å². The Bertz CT molecular complexity index is 1120. The molecule has 6 aliphatic carbocycles. The van der Waals surface area contributed by atoms with E-state index in [2.05, 4.69) is 215 Å². The maximum absolute atomic E-state index is 2.40. The van der Waals surface area contributed by atoms with Gasteiger partial charge in [0.05, 0.1) is 0 Å². The van der Waals surface area contributed by atoms with Crippen molar-refractivity contribution in [3.63, 3.8) is 0 Å². The quantitative estimate of drug-likeness (QED) is 0.171. The Hall–Kier alpha value is 0. The summed E-state index contributed by atoms with van der Waals surface area (Å²) in [5.41, 5.74) is 2.37. The van der Waals surface area contributed by atoms with E-state index in [9.17, 15) is 0 Å². The van der Waals surface area contributed by atoms with Crippen molar-refractivity contribution >= 4 is 0 Å². The van der Waals surface area contributed by atoms with Gasteiger partial charge in [-0.1, -0.05) is 375 Å². The van der Waals surface area contributed by atoms with Gasteiger partial charge in [0, 0.05) is 0 Å². The summed E-state index contributed by atoms with van der Waals surface area (Å²) < 4.78 is 0. The van der Waals surface area contributed by atoms with Crippen molar-refractivity contribution in [3.8, 4) is 0 Å². The molecule has 0 spiro atoms. The number of hydrogen-bond donors (Lipinski definition) is 0. The van der Waals surface area contributed by atoms with Gasteiger partial charge in [-0.05, 0) is 131 Å². The third-order valence-corrected chi connectivity index (χ3v) is 20.6. The molecular weight excluding hydrogens is 937 g/mol. The standard InChI is InChI=1S/C10H20.3C8H16.C7H14.C7H16.C6H12.4C6H14/c1-8-9(2,3)6-7-10(8,4)5;1-6-4-7(2)8(3)5-6;1-7-5-4-6-8(7,2)3;1-6-4-5-7(2)8(6)3;1-7-5-3-2-4-6-7;1-3-5-7-6-4-2;1-2-3-6-4-5-6;1-5-6(2,3)4;2*1-4-5-6(2)3;1-4-6(3)5-2/h8H,6-7H2,1-5H3;6-8H,4-5H2,1-3H3;7H,4-6H2,1-3H3;6-8H,4-5H2,1-3H3;7H,2-6H2,1H3;3-7H2,1-2H3;6H,2-5H2,1H3;5H2,1-4H3;3*6H,4-5H2,1-3H3/t;;7-;;;;;;;;/m..1......../s1. The second-order valence-electron chi connectivity index (χ2n) is 32.1. The fraction of sp³-hybridized carbons (Fsp3) is 1.00. The molecule has 5 atom stereocenters. The van der Waals surface area contributed by atoms with Crippen molar-refractivity contribution in [2.75, 3.05) is 0 Å². The van der Waals surface area contributed by atoms with E-state index < -0.39 is 0 Å². The summed E-state index contributed by atoms with van der Waals surface area (Å²) in [4.78, 5) is 0. The van der Waals surface area contributed by atoms with E-state index in [1.54, 1.807) is 0 Å². The maximum Gasteiger partial charge on any atom is -0.0323 e. The first-order valence-corrected chi connectivity index (χ1v) is 36.1. The number of rotatable bonds is 12. The molecule has 0 heterocycles. The summed E-state index contributed by atoms with van der Waals surface area (Å²) in [6.45, 7) is 71.6. The lowest BCUT2D eigenvalue weighted by Gasteiger charge is -2.31. The fourth-order valence-corrected chi connectivity index (χ4v) is 11.3.